The zero-order valence-electron chi connectivity index (χ0n) is 15.1. The van der Waals surface area contributed by atoms with Crippen molar-refractivity contribution < 1.29 is 4.79 Å². The first-order valence-corrected chi connectivity index (χ1v) is 8.72. The summed E-state index contributed by atoms with van der Waals surface area (Å²) < 4.78 is 0. The van der Waals surface area contributed by atoms with E-state index in [1.54, 1.807) is 13.3 Å². The quantitative estimate of drug-likeness (QED) is 0.928. The summed E-state index contributed by atoms with van der Waals surface area (Å²) in [5, 5.41) is 3.33. The van der Waals surface area contributed by atoms with E-state index in [-0.39, 0.29) is 5.91 Å². The van der Waals surface area contributed by atoms with Gasteiger partial charge in [0.15, 0.2) is 0 Å². The molecule has 1 aromatic heterocycles. The van der Waals surface area contributed by atoms with E-state index < -0.39 is 0 Å². The molecule has 1 aliphatic heterocycles. The molecule has 1 amide bonds. The maximum atomic E-state index is 11.4. The smallest absolute Gasteiger partial charge is 0.219 e. The topological polar surface area (TPSA) is 61.4 Å². The van der Waals surface area contributed by atoms with E-state index in [0.717, 1.165) is 43.5 Å². The van der Waals surface area contributed by atoms with Crippen LogP contribution >= 0.6 is 0 Å². The van der Waals surface area contributed by atoms with Crippen LogP contribution in [0.3, 0.4) is 0 Å². The summed E-state index contributed by atoms with van der Waals surface area (Å²) >= 11 is 0. The van der Waals surface area contributed by atoms with Gasteiger partial charge in [0, 0.05) is 44.9 Å². The Kier molecular flexibility index (Phi) is 5.16. The first kappa shape index (κ1) is 17.2. The molecular weight excluding hydrogens is 314 g/mol. The van der Waals surface area contributed by atoms with Gasteiger partial charge in [-0.2, -0.15) is 0 Å². The van der Waals surface area contributed by atoms with E-state index in [2.05, 4.69) is 58.3 Å². The monoisotopic (exact) mass is 339 g/mol. The molecule has 2 aromatic rings. The zero-order chi connectivity index (χ0) is 17.8. The van der Waals surface area contributed by atoms with Crippen molar-refractivity contribution in [1.82, 2.24) is 14.9 Å². The predicted molar refractivity (Wildman–Crippen MR) is 100 cm³/mol. The summed E-state index contributed by atoms with van der Waals surface area (Å²) in [6, 6.07) is 10.4. The predicted octanol–water partition coefficient (Wildman–Crippen LogP) is 3.01. The van der Waals surface area contributed by atoms with Gasteiger partial charge in [-0.25, -0.2) is 9.97 Å². The van der Waals surface area contributed by atoms with Crippen molar-refractivity contribution in [3.8, 4) is 0 Å². The van der Waals surface area contributed by atoms with Gasteiger partial charge in [-0.05, 0) is 23.6 Å². The maximum absolute atomic E-state index is 11.4. The summed E-state index contributed by atoms with van der Waals surface area (Å²) in [7, 11) is 0. The van der Waals surface area contributed by atoms with Crippen LogP contribution in [0.1, 0.15) is 32.3 Å². The highest BCUT2D eigenvalue weighted by Crippen LogP contribution is 2.22. The number of hydrogen-bond donors (Lipinski definition) is 1. The summed E-state index contributed by atoms with van der Waals surface area (Å²) in [5.41, 5.74) is 2.33. The number of nitrogens with zero attached hydrogens (tertiary/aromatic N) is 4. The SMILES string of the molecule is CC(=O)N1CCN(c2cc(Nc3ccc(C(C)C)cc3)ncn2)CC1. The molecule has 0 saturated carbocycles. The average Bonchev–Trinajstić information content (AvgIpc) is 2.62. The van der Waals surface area contributed by atoms with Crippen molar-refractivity contribution >= 4 is 23.2 Å². The molecule has 1 fully saturated rings. The normalized spacial score (nSPS) is 14.7. The van der Waals surface area contributed by atoms with Crippen molar-refractivity contribution in [2.24, 2.45) is 0 Å². The van der Waals surface area contributed by atoms with Crippen molar-refractivity contribution in [2.75, 3.05) is 36.4 Å². The molecule has 6 heteroatoms. The maximum Gasteiger partial charge on any atom is 0.219 e. The lowest BCUT2D eigenvalue weighted by molar-refractivity contribution is -0.129. The van der Waals surface area contributed by atoms with E-state index in [1.165, 1.54) is 5.56 Å². The average molecular weight is 339 g/mol. The van der Waals surface area contributed by atoms with Crippen LogP contribution in [0.15, 0.2) is 36.7 Å². The Bertz CT molecular complexity index is 721. The van der Waals surface area contributed by atoms with E-state index in [4.69, 9.17) is 0 Å². The van der Waals surface area contributed by atoms with Crippen LogP contribution in [-0.2, 0) is 4.79 Å². The lowest BCUT2D eigenvalue weighted by Crippen LogP contribution is -2.48. The standard InChI is InChI=1S/C19H25N5O/c1-14(2)16-4-6-17(7-5-16)22-18-12-19(21-13-20-18)24-10-8-23(9-11-24)15(3)25/h4-7,12-14H,8-11H2,1-3H3,(H,20,21,22). The molecule has 6 nitrogen and oxygen atoms in total. The molecule has 0 spiro atoms. The molecule has 0 radical (unpaired) electrons. The van der Waals surface area contributed by atoms with E-state index in [9.17, 15) is 4.79 Å². The third-order valence-corrected chi connectivity index (χ3v) is 4.55. The Balaban J connectivity index is 1.66. The van der Waals surface area contributed by atoms with Crippen LogP contribution in [-0.4, -0.2) is 47.0 Å². The molecule has 3 rings (SSSR count). The number of carbonyl (C=O) groups is 1. The van der Waals surface area contributed by atoms with Crippen LogP contribution in [0.2, 0.25) is 0 Å². The number of rotatable bonds is 4. The minimum atomic E-state index is 0.134. The van der Waals surface area contributed by atoms with Gasteiger partial charge in [0.1, 0.15) is 18.0 Å². The van der Waals surface area contributed by atoms with Gasteiger partial charge in [-0.3, -0.25) is 4.79 Å². The van der Waals surface area contributed by atoms with Crippen molar-refractivity contribution in [1.29, 1.82) is 0 Å². The highest BCUT2D eigenvalue weighted by Gasteiger charge is 2.19. The van der Waals surface area contributed by atoms with Crippen LogP contribution in [0, 0.1) is 0 Å². The van der Waals surface area contributed by atoms with Gasteiger partial charge in [0.2, 0.25) is 5.91 Å². The van der Waals surface area contributed by atoms with Gasteiger partial charge in [0.25, 0.3) is 0 Å². The van der Waals surface area contributed by atoms with Crippen LogP contribution in [0.4, 0.5) is 17.3 Å². The van der Waals surface area contributed by atoms with Crippen LogP contribution in [0.5, 0.6) is 0 Å². The second-order valence-corrected chi connectivity index (χ2v) is 6.66. The Morgan fingerprint density at radius 3 is 2.36 bits per heavy atom. The summed E-state index contributed by atoms with van der Waals surface area (Å²) in [6.07, 6.45) is 1.58. The van der Waals surface area contributed by atoms with Crippen molar-refractivity contribution in [3.63, 3.8) is 0 Å². The Morgan fingerprint density at radius 1 is 1.08 bits per heavy atom. The third kappa shape index (κ3) is 4.26. The van der Waals surface area contributed by atoms with Gasteiger partial charge >= 0.3 is 0 Å². The number of aromatic nitrogens is 2. The van der Waals surface area contributed by atoms with Crippen molar-refractivity contribution in [3.05, 3.63) is 42.2 Å². The molecular formula is C19H25N5O. The highest BCUT2D eigenvalue weighted by molar-refractivity contribution is 5.73. The highest BCUT2D eigenvalue weighted by atomic mass is 16.2. The van der Waals surface area contributed by atoms with Gasteiger partial charge < -0.3 is 15.1 Å². The number of piperazine rings is 1. The Hall–Kier alpha value is -2.63. The second-order valence-electron chi connectivity index (χ2n) is 6.66. The van der Waals surface area contributed by atoms with Crippen LogP contribution in [0.25, 0.3) is 0 Å². The lowest BCUT2D eigenvalue weighted by Gasteiger charge is -2.34. The fourth-order valence-electron chi connectivity index (χ4n) is 2.94. The molecule has 0 unspecified atom stereocenters. The zero-order valence-corrected chi connectivity index (χ0v) is 15.1. The Labute approximate surface area is 148 Å². The summed E-state index contributed by atoms with van der Waals surface area (Å²) in [5.74, 6) is 2.32. The molecule has 2 heterocycles. The fourth-order valence-corrected chi connectivity index (χ4v) is 2.94. The van der Waals surface area contributed by atoms with Gasteiger partial charge in [0.05, 0.1) is 0 Å². The van der Waals surface area contributed by atoms with E-state index in [1.807, 2.05) is 11.0 Å². The Morgan fingerprint density at radius 2 is 1.76 bits per heavy atom. The molecule has 132 valence electrons. The molecule has 0 bridgehead atoms. The van der Waals surface area contributed by atoms with E-state index in [0.29, 0.717) is 5.92 Å². The van der Waals surface area contributed by atoms with Gasteiger partial charge in [-0.15, -0.1) is 0 Å². The molecule has 1 aromatic carbocycles. The minimum absolute atomic E-state index is 0.134. The van der Waals surface area contributed by atoms with E-state index >= 15 is 0 Å². The number of anilines is 3. The molecule has 25 heavy (non-hydrogen) atoms. The molecule has 1 aliphatic rings. The van der Waals surface area contributed by atoms with Crippen molar-refractivity contribution in [2.45, 2.75) is 26.7 Å². The summed E-state index contributed by atoms with van der Waals surface area (Å²) in [4.78, 5) is 24.2. The minimum Gasteiger partial charge on any atom is -0.353 e. The molecule has 1 N–H and O–H groups in total. The second kappa shape index (κ2) is 7.51. The number of carbonyl (C=O) groups excluding carboxylic acids is 1. The van der Waals surface area contributed by atoms with Gasteiger partial charge in [-0.1, -0.05) is 26.0 Å². The number of benzene rings is 1. The number of amides is 1. The molecule has 0 aliphatic carbocycles. The molecule has 1 saturated heterocycles. The first-order valence-electron chi connectivity index (χ1n) is 8.72. The fraction of sp³-hybridized carbons (Fsp3) is 0.421. The largest absolute Gasteiger partial charge is 0.353 e. The number of hydrogen-bond acceptors (Lipinski definition) is 5. The first-order chi connectivity index (χ1) is 12.0. The molecule has 0 atom stereocenters. The summed E-state index contributed by atoms with van der Waals surface area (Å²) in [6.45, 7) is 9.04. The lowest BCUT2D eigenvalue weighted by atomic mass is 10.0. The van der Waals surface area contributed by atoms with Crippen LogP contribution < -0.4 is 10.2 Å². The number of nitrogens with one attached hydrogen (secondary N) is 1. The third-order valence-electron chi connectivity index (χ3n) is 4.55.